The van der Waals surface area contributed by atoms with Gasteiger partial charge in [0.25, 0.3) is 0 Å². The smallest absolute Gasteiger partial charge is 0.328 e. The van der Waals surface area contributed by atoms with Crippen molar-refractivity contribution in [3.05, 3.63) is 52.2 Å². The standard InChI is InChI=1S/C16H20N2O2/c1-3-6-17-7-8-18(16(17)19)11-14-10-13-9-12(2)4-5-15(13)20-14/h4-5,7-9,14H,3,6,10-11H2,1-2H3. The summed E-state index contributed by atoms with van der Waals surface area (Å²) in [5.41, 5.74) is 2.55. The molecule has 0 aliphatic carbocycles. The summed E-state index contributed by atoms with van der Waals surface area (Å²) in [6.07, 6.45) is 5.62. The molecule has 3 rings (SSSR count). The van der Waals surface area contributed by atoms with E-state index in [1.54, 1.807) is 9.13 Å². The number of nitrogens with zero attached hydrogens (tertiary/aromatic N) is 2. The van der Waals surface area contributed by atoms with Crippen LogP contribution in [0.5, 0.6) is 5.75 Å². The van der Waals surface area contributed by atoms with Crippen LogP contribution in [-0.4, -0.2) is 15.2 Å². The van der Waals surface area contributed by atoms with Gasteiger partial charge in [0.05, 0.1) is 6.54 Å². The van der Waals surface area contributed by atoms with Crippen molar-refractivity contribution in [1.29, 1.82) is 0 Å². The lowest BCUT2D eigenvalue weighted by Gasteiger charge is -2.10. The van der Waals surface area contributed by atoms with E-state index in [0.717, 1.165) is 25.1 Å². The summed E-state index contributed by atoms with van der Waals surface area (Å²) in [5, 5.41) is 0. The molecule has 0 saturated carbocycles. The van der Waals surface area contributed by atoms with Gasteiger partial charge < -0.3 is 4.74 Å². The Hall–Kier alpha value is -1.97. The Morgan fingerprint density at radius 2 is 2.10 bits per heavy atom. The lowest BCUT2D eigenvalue weighted by atomic mass is 10.1. The number of aromatic nitrogens is 2. The fourth-order valence-corrected chi connectivity index (χ4v) is 2.77. The molecule has 1 aliphatic heterocycles. The van der Waals surface area contributed by atoms with E-state index in [9.17, 15) is 4.79 Å². The highest BCUT2D eigenvalue weighted by Gasteiger charge is 2.23. The van der Waals surface area contributed by atoms with Crippen molar-refractivity contribution in [2.24, 2.45) is 0 Å². The summed E-state index contributed by atoms with van der Waals surface area (Å²) in [6, 6.07) is 6.25. The second kappa shape index (κ2) is 5.19. The molecule has 1 unspecified atom stereocenters. The number of hydrogen-bond acceptors (Lipinski definition) is 2. The van der Waals surface area contributed by atoms with Crippen molar-refractivity contribution in [2.45, 2.75) is 45.9 Å². The summed E-state index contributed by atoms with van der Waals surface area (Å²) in [4.78, 5) is 12.1. The van der Waals surface area contributed by atoms with E-state index in [0.29, 0.717) is 6.54 Å². The van der Waals surface area contributed by atoms with Gasteiger partial charge in [0.2, 0.25) is 0 Å². The lowest BCUT2D eigenvalue weighted by Crippen LogP contribution is -2.30. The minimum Gasteiger partial charge on any atom is -0.488 e. The van der Waals surface area contributed by atoms with E-state index >= 15 is 0 Å². The first kappa shape index (κ1) is 13.0. The van der Waals surface area contributed by atoms with E-state index in [2.05, 4.69) is 26.0 Å². The summed E-state index contributed by atoms with van der Waals surface area (Å²) >= 11 is 0. The van der Waals surface area contributed by atoms with E-state index in [1.807, 2.05) is 18.5 Å². The first-order valence-corrected chi connectivity index (χ1v) is 7.19. The maximum absolute atomic E-state index is 12.1. The zero-order chi connectivity index (χ0) is 14.1. The highest BCUT2D eigenvalue weighted by atomic mass is 16.5. The fourth-order valence-electron chi connectivity index (χ4n) is 2.77. The zero-order valence-electron chi connectivity index (χ0n) is 12.0. The minimum atomic E-state index is 0.0574. The first-order chi connectivity index (χ1) is 9.67. The Morgan fingerprint density at radius 1 is 1.30 bits per heavy atom. The van der Waals surface area contributed by atoms with Gasteiger partial charge in [-0.2, -0.15) is 0 Å². The average molecular weight is 272 g/mol. The molecule has 0 bridgehead atoms. The van der Waals surface area contributed by atoms with Crippen molar-refractivity contribution >= 4 is 0 Å². The topological polar surface area (TPSA) is 36.2 Å². The fraction of sp³-hybridized carbons (Fsp3) is 0.438. The third-order valence-corrected chi connectivity index (χ3v) is 3.74. The molecule has 1 aromatic heterocycles. The normalized spacial score (nSPS) is 17.0. The Kier molecular flexibility index (Phi) is 3.38. The lowest BCUT2D eigenvalue weighted by molar-refractivity contribution is 0.207. The molecule has 0 radical (unpaired) electrons. The zero-order valence-corrected chi connectivity index (χ0v) is 12.0. The first-order valence-electron chi connectivity index (χ1n) is 7.19. The van der Waals surface area contributed by atoms with E-state index in [1.165, 1.54) is 11.1 Å². The maximum Gasteiger partial charge on any atom is 0.328 e. The third kappa shape index (κ3) is 2.38. The van der Waals surface area contributed by atoms with E-state index in [-0.39, 0.29) is 11.8 Å². The van der Waals surface area contributed by atoms with Crippen LogP contribution in [0.4, 0.5) is 0 Å². The number of imidazole rings is 1. The van der Waals surface area contributed by atoms with Crippen LogP contribution in [0.15, 0.2) is 35.4 Å². The van der Waals surface area contributed by atoms with Gasteiger partial charge >= 0.3 is 5.69 Å². The average Bonchev–Trinajstić information content (AvgIpc) is 2.96. The molecular weight excluding hydrogens is 252 g/mol. The molecule has 1 aliphatic rings. The van der Waals surface area contributed by atoms with Gasteiger partial charge in [0.15, 0.2) is 0 Å². The van der Waals surface area contributed by atoms with Crippen molar-refractivity contribution in [3.8, 4) is 5.75 Å². The van der Waals surface area contributed by atoms with Crippen LogP contribution in [-0.2, 0) is 19.5 Å². The van der Waals surface area contributed by atoms with Gasteiger partial charge in [-0.15, -0.1) is 0 Å². The summed E-state index contributed by atoms with van der Waals surface area (Å²) < 4.78 is 9.43. The molecule has 2 aromatic rings. The second-order valence-electron chi connectivity index (χ2n) is 5.48. The van der Waals surface area contributed by atoms with Gasteiger partial charge in [-0.25, -0.2) is 4.79 Å². The number of hydrogen-bond donors (Lipinski definition) is 0. The number of ether oxygens (including phenoxy) is 1. The van der Waals surface area contributed by atoms with Crippen LogP contribution in [0.3, 0.4) is 0 Å². The number of rotatable bonds is 4. The number of benzene rings is 1. The molecule has 0 spiro atoms. The Labute approximate surface area is 118 Å². The number of aryl methyl sites for hydroxylation is 2. The molecule has 106 valence electrons. The van der Waals surface area contributed by atoms with Crippen molar-refractivity contribution in [3.63, 3.8) is 0 Å². The summed E-state index contributed by atoms with van der Waals surface area (Å²) in [5.74, 6) is 0.960. The SMILES string of the molecule is CCCn1ccn(CC2Cc3cc(C)ccc3O2)c1=O. The van der Waals surface area contributed by atoms with Gasteiger partial charge in [0, 0.05) is 25.4 Å². The van der Waals surface area contributed by atoms with Crippen molar-refractivity contribution in [2.75, 3.05) is 0 Å². The molecule has 0 amide bonds. The molecule has 20 heavy (non-hydrogen) atoms. The largest absolute Gasteiger partial charge is 0.488 e. The predicted octanol–water partition coefficient (Wildman–Crippen LogP) is 2.37. The molecule has 4 heteroatoms. The third-order valence-electron chi connectivity index (χ3n) is 3.74. The van der Waals surface area contributed by atoms with Crippen LogP contribution in [0, 0.1) is 6.92 Å². The van der Waals surface area contributed by atoms with Gasteiger partial charge in [-0.3, -0.25) is 9.13 Å². The van der Waals surface area contributed by atoms with Crippen LogP contribution in [0.1, 0.15) is 24.5 Å². The van der Waals surface area contributed by atoms with Crippen LogP contribution in [0.2, 0.25) is 0 Å². The van der Waals surface area contributed by atoms with Gasteiger partial charge in [-0.05, 0) is 25.0 Å². The van der Waals surface area contributed by atoms with E-state index < -0.39 is 0 Å². The van der Waals surface area contributed by atoms with E-state index in [4.69, 9.17) is 4.74 Å². The molecule has 0 fully saturated rings. The minimum absolute atomic E-state index is 0.0574. The monoisotopic (exact) mass is 272 g/mol. The molecule has 1 aromatic carbocycles. The molecule has 1 atom stereocenters. The predicted molar refractivity (Wildman–Crippen MR) is 78.3 cm³/mol. The number of fused-ring (bicyclic) bond motifs is 1. The quantitative estimate of drug-likeness (QED) is 0.856. The molecule has 0 N–H and O–H groups in total. The van der Waals surface area contributed by atoms with Gasteiger partial charge in [0.1, 0.15) is 11.9 Å². The van der Waals surface area contributed by atoms with Crippen LogP contribution >= 0.6 is 0 Å². The Morgan fingerprint density at radius 3 is 2.90 bits per heavy atom. The van der Waals surface area contributed by atoms with Crippen molar-refractivity contribution in [1.82, 2.24) is 9.13 Å². The summed E-state index contributed by atoms with van der Waals surface area (Å²) in [7, 11) is 0. The Bertz CT molecular complexity index is 669. The van der Waals surface area contributed by atoms with Gasteiger partial charge in [-0.1, -0.05) is 24.6 Å². The van der Waals surface area contributed by atoms with Crippen molar-refractivity contribution < 1.29 is 4.74 Å². The molecule has 4 nitrogen and oxygen atoms in total. The molecule has 0 saturated heterocycles. The highest BCUT2D eigenvalue weighted by Crippen LogP contribution is 2.29. The maximum atomic E-state index is 12.1. The van der Waals surface area contributed by atoms with Crippen LogP contribution < -0.4 is 10.4 Å². The highest BCUT2D eigenvalue weighted by molar-refractivity contribution is 5.40. The molecular formula is C16H20N2O2. The summed E-state index contributed by atoms with van der Waals surface area (Å²) in [6.45, 7) is 5.55. The Balaban J connectivity index is 1.73. The molecule has 2 heterocycles. The van der Waals surface area contributed by atoms with Crippen LogP contribution in [0.25, 0.3) is 0 Å². The second-order valence-corrected chi connectivity index (χ2v) is 5.48.